The van der Waals surface area contributed by atoms with Gasteiger partial charge in [0.2, 0.25) is 0 Å². The van der Waals surface area contributed by atoms with Crippen molar-refractivity contribution in [3.63, 3.8) is 0 Å². The van der Waals surface area contributed by atoms with Crippen molar-refractivity contribution in [2.45, 2.75) is 32.9 Å². The van der Waals surface area contributed by atoms with Crippen LogP contribution in [0.3, 0.4) is 0 Å². The summed E-state index contributed by atoms with van der Waals surface area (Å²) in [5.74, 6) is 2.12. The molecule has 0 amide bonds. The van der Waals surface area contributed by atoms with Crippen LogP contribution in [0.4, 0.5) is 5.82 Å². The standard InChI is InChI=1S/C14H19N5O/c1-2-18-7-6-16-13(14(18)20)17-9-11-3-4-12-15-5-8-19(12)10-11/h5-8,11H,2-4,9-10H2,1H3,(H,16,17)/t11-/m1/s1. The average molecular weight is 273 g/mol. The predicted molar refractivity (Wildman–Crippen MR) is 76.7 cm³/mol. The molecule has 6 nitrogen and oxygen atoms in total. The second-order valence-electron chi connectivity index (χ2n) is 5.15. The molecule has 6 heteroatoms. The van der Waals surface area contributed by atoms with Crippen molar-refractivity contribution in [3.8, 4) is 0 Å². The van der Waals surface area contributed by atoms with Gasteiger partial charge in [0, 0.05) is 50.8 Å². The number of hydrogen-bond acceptors (Lipinski definition) is 4. The molecule has 0 aliphatic carbocycles. The summed E-state index contributed by atoms with van der Waals surface area (Å²) in [5.41, 5.74) is -0.0471. The van der Waals surface area contributed by atoms with E-state index in [4.69, 9.17) is 0 Å². The Balaban J connectivity index is 1.65. The van der Waals surface area contributed by atoms with E-state index >= 15 is 0 Å². The lowest BCUT2D eigenvalue weighted by Gasteiger charge is -2.24. The second kappa shape index (κ2) is 5.48. The molecule has 1 N–H and O–H groups in total. The molecule has 0 aromatic carbocycles. The van der Waals surface area contributed by atoms with E-state index in [0.717, 1.165) is 31.8 Å². The van der Waals surface area contributed by atoms with Gasteiger partial charge in [-0.15, -0.1) is 0 Å². The van der Waals surface area contributed by atoms with Gasteiger partial charge < -0.3 is 14.5 Å². The minimum absolute atomic E-state index is 0.0471. The Labute approximate surface area is 117 Å². The molecule has 0 spiro atoms. The van der Waals surface area contributed by atoms with Crippen molar-refractivity contribution < 1.29 is 0 Å². The van der Waals surface area contributed by atoms with E-state index in [1.165, 1.54) is 0 Å². The fourth-order valence-corrected chi connectivity index (χ4v) is 2.66. The molecule has 0 saturated carbocycles. The molecule has 2 aromatic rings. The quantitative estimate of drug-likeness (QED) is 0.907. The smallest absolute Gasteiger partial charge is 0.293 e. The number of nitrogens with zero attached hydrogens (tertiary/aromatic N) is 4. The third-order valence-electron chi connectivity index (χ3n) is 3.85. The molecule has 0 unspecified atom stereocenters. The Bertz CT molecular complexity index is 645. The highest BCUT2D eigenvalue weighted by atomic mass is 16.1. The van der Waals surface area contributed by atoms with Crippen molar-refractivity contribution in [1.29, 1.82) is 0 Å². The molecule has 20 heavy (non-hydrogen) atoms. The Morgan fingerprint density at radius 2 is 2.20 bits per heavy atom. The lowest BCUT2D eigenvalue weighted by molar-refractivity contribution is 0.381. The molecule has 0 bridgehead atoms. The first-order valence-electron chi connectivity index (χ1n) is 7.07. The minimum atomic E-state index is -0.0471. The normalized spacial score (nSPS) is 17.8. The second-order valence-corrected chi connectivity index (χ2v) is 5.15. The first-order valence-corrected chi connectivity index (χ1v) is 7.07. The zero-order valence-corrected chi connectivity index (χ0v) is 11.6. The van der Waals surface area contributed by atoms with Crippen LogP contribution >= 0.6 is 0 Å². The molecule has 106 valence electrons. The van der Waals surface area contributed by atoms with Gasteiger partial charge in [0.25, 0.3) is 5.56 Å². The summed E-state index contributed by atoms with van der Waals surface area (Å²) in [4.78, 5) is 20.5. The van der Waals surface area contributed by atoms with Crippen LogP contribution in [0.2, 0.25) is 0 Å². The van der Waals surface area contributed by atoms with Crippen LogP contribution in [0, 0.1) is 5.92 Å². The Hall–Kier alpha value is -2.11. The summed E-state index contributed by atoms with van der Waals surface area (Å²) in [6.07, 6.45) is 9.35. The van der Waals surface area contributed by atoms with Gasteiger partial charge in [-0.2, -0.15) is 0 Å². The van der Waals surface area contributed by atoms with Gasteiger partial charge in [0.15, 0.2) is 5.82 Å². The van der Waals surface area contributed by atoms with Gasteiger partial charge in [-0.3, -0.25) is 4.79 Å². The lowest BCUT2D eigenvalue weighted by Crippen LogP contribution is -2.29. The van der Waals surface area contributed by atoms with Crippen molar-refractivity contribution in [2.24, 2.45) is 5.92 Å². The van der Waals surface area contributed by atoms with E-state index < -0.39 is 0 Å². The first kappa shape index (κ1) is 12.9. The maximum atomic E-state index is 12.1. The third kappa shape index (κ3) is 2.45. The topological polar surface area (TPSA) is 64.7 Å². The predicted octanol–water partition coefficient (Wildman–Crippen LogP) is 1.13. The monoisotopic (exact) mass is 273 g/mol. The highest BCUT2D eigenvalue weighted by Gasteiger charge is 2.19. The van der Waals surface area contributed by atoms with E-state index in [1.54, 1.807) is 17.0 Å². The SMILES string of the molecule is CCn1ccnc(NC[C@H]2CCc3nccn3C2)c1=O. The fraction of sp³-hybridized carbons (Fsp3) is 0.500. The van der Waals surface area contributed by atoms with Crippen molar-refractivity contribution in [3.05, 3.63) is 41.0 Å². The summed E-state index contributed by atoms with van der Waals surface area (Å²) in [7, 11) is 0. The molecule has 3 rings (SSSR count). The Kier molecular flexibility index (Phi) is 3.54. The summed E-state index contributed by atoms with van der Waals surface area (Å²) in [6.45, 7) is 4.34. The Morgan fingerprint density at radius 1 is 1.35 bits per heavy atom. The Morgan fingerprint density at radius 3 is 3.05 bits per heavy atom. The number of fused-ring (bicyclic) bond motifs is 1. The number of rotatable bonds is 4. The molecule has 0 saturated heterocycles. The van der Waals surface area contributed by atoms with E-state index in [9.17, 15) is 4.79 Å². The maximum absolute atomic E-state index is 12.1. The summed E-state index contributed by atoms with van der Waals surface area (Å²) in [5, 5.41) is 3.20. The van der Waals surface area contributed by atoms with Crippen LogP contribution < -0.4 is 10.9 Å². The van der Waals surface area contributed by atoms with Gasteiger partial charge in [0.1, 0.15) is 5.82 Å². The maximum Gasteiger partial charge on any atom is 0.293 e. The van der Waals surface area contributed by atoms with Gasteiger partial charge in [-0.1, -0.05) is 0 Å². The zero-order chi connectivity index (χ0) is 13.9. The van der Waals surface area contributed by atoms with Gasteiger partial charge >= 0.3 is 0 Å². The first-order chi connectivity index (χ1) is 9.78. The molecule has 1 atom stereocenters. The van der Waals surface area contributed by atoms with E-state index in [2.05, 4.69) is 19.9 Å². The largest absolute Gasteiger partial charge is 0.365 e. The number of nitrogens with one attached hydrogen (secondary N) is 1. The van der Waals surface area contributed by atoms with Crippen LogP contribution in [-0.4, -0.2) is 25.6 Å². The van der Waals surface area contributed by atoms with E-state index in [-0.39, 0.29) is 5.56 Å². The van der Waals surface area contributed by atoms with Crippen molar-refractivity contribution in [2.75, 3.05) is 11.9 Å². The van der Waals surface area contributed by atoms with Gasteiger partial charge in [0.05, 0.1) is 0 Å². The number of hydrogen-bond donors (Lipinski definition) is 1. The highest BCUT2D eigenvalue weighted by molar-refractivity contribution is 5.30. The summed E-state index contributed by atoms with van der Waals surface area (Å²) in [6, 6.07) is 0. The van der Waals surface area contributed by atoms with Crippen LogP contribution in [0.1, 0.15) is 19.2 Å². The number of aromatic nitrogens is 4. The molecule has 0 fully saturated rings. The van der Waals surface area contributed by atoms with E-state index in [1.807, 2.05) is 19.3 Å². The zero-order valence-electron chi connectivity index (χ0n) is 11.6. The highest BCUT2D eigenvalue weighted by Crippen LogP contribution is 2.18. The van der Waals surface area contributed by atoms with E-state index in [0.29, 0.717) is 18.3 Å². The number of anilines is 1. The van der Waals surface area contributed by atoms with Crippen LogP contribution in [0.5, 0.6) is 0 Å². The minimum Gasteiger partial charge on any atom is -0.365 e. The number of imidazole rings is 1. The molecular formula is C14H19N5O. The van der Waals surface area contributed by atoms with Gasteiger partial charge in [-0.25, -0.2) is 9.97 Å². The summed E-state index contributed by atoms with van der Waals surface area (Å²) >= 11 is 0. The van der Waals surface area contributed by atoms with Crippen molar-refractivity contribution >= 4 is 5.82 Å². The molecular weight excluding hydrogens is 254 g/mol. The van der Waals surface area contributed by atoms with Crippen LogP contribution in [-0.2, 0) is 19.5 Å². The van der Waals surface area contributed by atoms with Crippen LogP contribution in [0.15, 0.2) is 29.6 Å². The fourth-order valence-electron chi connectivity index (χ4n) is 2.66. The molecule has 0 radical (unpaired) electrons. The van der Waals surface area contributed by atoms with Gasteiger partial charge in [-0.05, 0) is 19.3 Å². The summed E-state index contributed by atoms with van der Waals surface area (Å²) < 4.78 is 3.85. The van der Waals surface area contributed by atoms with Crippen LogP contribution in [0.25, 0.3) is 0 Å². The molecule has 3 heterocycles. The number of aryl methyl sites for hydroxylation is 2. The molecule has 1 aliphatic rings. The van der Waals surface area contributed by atoms with Crippen molar-refractivity contribution in [1.82, 2.24) is 19.1 Å². The molecule has 1 aliphatic heterocycles. The molecule has 2 aromatic heterocycles. The average Bonchev–Trinajstić information content (AvgIpc) is 2.93. The lowest BCUT2D eigenvalue weighted by atomic mass is 9.99. The third-order valence-corrected chi connectivity index (χ3v) is 3.85.